The number of nitrogens with one attached hydrogen (secondary N) is 1. The Morgan fingerprint density at radius 2 is 1.76 bits per heavy atom. The average molecular weight is 248 g/mol. The molecule has 3 nitrogen and oxygen atoms in total. The van der Waals surface area contributed by atoms with Crippen molar-refractivity contribution >= 4 is 11.6 Å². The number of nitriles is 2. The Kier molecular flexibility index (Phi) is 3.71. The topological polar surface area (TPSA) is 59.6 Å². The van der Waals surface area contributed by atoms with Gasteiger partial charge in [-0.3, -0.25) is 0 Å². The minimum atomic E-state index is 0.148. The van der Waals surface area contributed by atoms with Crippen molar-refractivity contribution in [2.45, 2.75) is 44.6 Å². The largest absolute Gasteiger partial charge is 0.368 e. The lowest BCUT2D eigenvalue weighted by Crippen LogP contribution is -2.34. The van der Waals surface area contributed by atoms with Gasteiger partial charge in [0, 0.05) is 6.04 Å². The molecule has 17 heavy (non-hydrogen) atoms. The Balaban J connectivity index is 2.43. The summed E-state index contributed by atoms with van der Waals surface area (Å²) in [5.41, 5.74) is 1.89. The first kappa shape index (κ1) is 12.0. The SMILES string of the molecule is N#CC1=C(Cl)NC2CCCCCCC2=C1C#N. The highest BCUT2D eigenvalue weighted by Crippen LogP contribution is 2.33. The number of allylic oxidation sites excluding steroid dienone is 2. The minimum absolute atomic E-state index is 0.148. The Morgan fingerprint density at radius 1 is 1.06 bits per heavy atom. The molecule has 0 saturated heterocycles. The van der Waals surface area contributed by atoms with Crippen LogP contribution >= 0.6 is 11.6 Å². The lowest BCUT2D eigenvalue weighted by Gasteiger charge is -2.29. The van der Waals surface area contributed by atoms with E-state index in [1.807, 2.05) is 6.07 Å². The molecule has 1 atom stereocenters. The van der Waals surface area contributed by atoms with Crippen LogP contribution in [-0.4, -0.2) is 6.04 Å². The zero-order valence-electron chi connectivity index (χ0n) is 9.59. The standard InChI is InChI=1S/C13H14ClN3/c14-13-11(8-16)10(7-15)9-5-3-1-2-4-6-12(9)17-13/h12,17H,1-6H2. The van der Waals surface area contributed by atoms with E-state index < -0.39 is 0 Å². The van der Waals surface area contributed by atoms with Gasteiger partial charge >= 0.3 is 0 Å². The first-order valence-electron chi connectivity index (χ1n) is 5.98. The fourth-order valence-corrected chi connectivity index (χ4v) is 2.82. The molecule has 88 valence electrons. The highest BCUT2D eigenvalue weighted by Gasteiger charge is 2.28. The molecule has 2 aliphatic rings. The van der Waals surface area contributed by atoms with Gasteiger partial charge in [0.2, 0.25) is 0 Å². The molecule has 0 spiro atoms. The number of halogens is 1. The fourth-order valence-electron chi connectivity index (χ4n) is 2.55. The Morgan fingerprint density at radius 3 is 2.47 bits per heavy atom. The highest BCUT2D eigenvalue weighted by molar-refractivity contribution is 6.30. The Bertz CT molecular complexity index is 462. The first-order chi connectivity index (χ1) is 8.27. The summed E-state index contributed by atoms with van der Waals surface area (Å²) in [4.78, 5) is 0. The molecular weight excluding hydrogens is 234 g/mol. The molecule has 4 heteroatoms. The normalized spacial score (nSPS) is 25.0. The van der Waals surface area contributed by atoms with Crippen LogP contribution in [0.25, 0.3) is 0 Å². The number of rotatable bonds is 0. The van der Waals surface area contributed by atoms with E-state index in [1.165, 1.54) is 12.8 Å². The molecule has 0 amide bonds. The van der Waals surface area contributed by atoms with E-state index in [2.05, 4.69) is 11.4 Å². The summed E-state index contributed by atoms with van der Waals surface area (Å²) in [6.07, 6.45) is 6.57. The molecule has 0 radical (unpaired) electrons. The zero-order valence-corrected chi connectivity index (χ0v) is 10.3. The van der Waals surface area contributed by atoms with E-state index in [4.69, 9.17) is 16.9 Å². The predicted molar refractivity (Wildman–Crippen MR) is 65.8 cm³/mol. The van der Waals surface area contributed by atoms with Gasteiger partial charge in [-0.1, -0.05) is 30.9 Å². The number of nitrogens with zero attached hydrogens (tertiary/aromatic N) is 2. The number of hydrogen-bond acceptors (Lipinski definition) is 3. The maximum absolute atomic E-state index is 9.23. The third-order valence-electron chi connectivity index (χ3n) is 3.42. The van der Waals surface area contributed by atoms with Gasteiger partial charge in [0.25, 0.3) is 0 Å². The summed E-state index contributed by atoms with van der Waals surface area (Å²) in [6.45, 7) is 0. The molecule has 1 aliphatic carbocycles. The van der Waals surface area contributed by atoms with Crippen LogP contribution in [-0.2, 0) is 0 Å². The molecule has 0 aromatic heterocycles. The van der Waals surface area contributed by atoms with Crippen LogP contribution in [0.15, 0.2) is 21.9 Å². The smallest absolute Gasteiger partial charge is 0.122 e. The van der Waals surface area contributed by atoms with Gasteiger partial charge < -0.3 is 5.32 Å². The van der Waals surface area contributed by atoms with Gasteiger partial charge in [-0.25, -0.2) is 0 Å². The quantitative estimate of drug-likeness (QED) is 0.669. The van der Waals surface area contributed by atoms with Crippen molar-refractivity contribution < 1.29 is 0 Å². The lowest BCUT2D eigenvalue weighted by molar-refractivity contribution is 0.485. The molecule has 1 N–H and O–H groups in total. The third kappa shape index (κ3) is 2.30. The van der Waals surface area contributed by atoms with Crippen LogP contribution in [0.1, 0.15) is 38.5 Å². The Labute approximate surface area is 106 Å². The second kappa shape index (κ2) is 5.25. The van der Waals surface area contributed by atoms with Gasteiger partial charge in [0.1, 0.15) is 22.9 Å². The fraction of sp³-hybridized carbons (Fsp3) is 0.538. The van der Waals surface area contributed by atoms with Gasteiger partial charge in [-0.05, 0) is 24.8 Å². The van der Waals surface area contributed by atoms with Crippen molar-refractivity contribution in [1.82, 2.24) is 5.32 Å². The lowest BCUT2D eigenvalue weighted by atomic mass is 9.85. The van der Waals surface area contributed by atoms with Crippen molar-refractivity contribution in [3.05, 3.63) is 21.9 Å². The maximum Gasteiger partial charge on any atom is 0.122 e. The van der Waals surface area contributed by atoms with Crippen molar-refractivity contribution in [3.8, 4) is 12.1 Å². The van der Waals surface area contributed by atoms with Gasteiger partial charge in [-0.2, -0.15) is 10.5 Å². The van der Waals surface area contributed by atoms with Crippen LogP contribution in [0, 0.1) is 22.7 Å². The Hall–Kier alpha value is -1.45. The monoisotopic (exact) mass is 247 g/mol. The summed E-state index contributed by atoms with van der Waals surface area (Å²) >= 11 is 6.03. The second-order valence-electron chi connectivity index (χ2n) is 4.46. The van der Waals surface area contributed by atoms with Gasteiger partial charge in [-0.15, -0.1) is 0 Å². The predicted octanol–water partition coefficient (Wildman–Crippen LogP) is 3.11. The second-order valence-corrected chi connectivity index (χ2v) is 4.84. The van der Waals surface area contributed by atoms with Crippen molar-refractivity contribution in [3.63, 3.8) is 0 Å². The van der Waals surface area contributed by atoms with Crippen molar-refractivity contribution in [2.24, 2.45) is 0 Å². The summed E-state index contributed by atoms with van der Waals surface area (Å²) in [5, 5.41) is 21.8. The van der Waals surface area contributed by atoms with Gasteiger partial charge in [0.05, 0.1) is 5.57 Å². The number of hydrogen-bond donors (Lipinski definition) is 1. The molecule has 2 rings (SSSR count). The zero-order chi connectivity index (χ0) is 12.3. The molecule has 0 bridgehead atoms. The molecule has 1 unspecified atom stereocenters. The van der Waals surface area contributed by atoms with E-state index in [0.717, 1.165) is 31.3 Å². The number of fused-ring (bicyclic) bond motifs is 1. The van der Waals surface area contributed by atoms with E-state index in [-0.39, 0.29) is 6.04 Å². The summed E-state index contributed by atoms with van der Waals surface area (Å²) in [7, 11) is 0. The molecular formula is C13H14ClN3. The van der Waals surface area contributed by atoms with E-state index in [9.17, 15) is 5.26 Å². The van der Waals surface area contributed by atoms with E-state index >= 15 is 0 Å². The molecule has 0 aromatic rings. The summed E-state index contributed by atoms with van der Waals surface area (Å²) in [6, 6.07) is 4.33. The third-order valence-corrected chi connectivity index (χ3v) is 3.72. The molecule has 1 aliphatic heterocycles. The summed E-state index contributed by atoms with van der Waals surface area (Å²) < 4.78 is 0. The first-order valence-corrected chi connectivity index (χ1v) is 6.35. The molecule has 1 saturated carbocycles. The van der Waals surface area contributed by atoms with Crippen molar-refractivity contribution in [2.75, 3.05) is 0 Å². The highest BCUT2D eigenvalue weighted by atomic mass is 35.5. The minimum Gasteiger partial charge on any atom is -0.368 e. The van der Waals surface area contributed by atoms with Crippen LogP contribution in [0.3, 0.4) is 0 Å². The maximum atomic E-state index is 9.23. The van der Waals surface area contributed by atoms with Crippen LogP contribution in [0.4, 0.5) is 0 Å². The van der Waals surface area contributed by atoms with Crippen molar-refractivity contribution in [1.29, 1.82) is 10.5 Å². The van der Waals surface area contributed by atoms with Crippen LogP contribution in [0.5, 0.6) is 0 Å². The van der Waals surface area contributed by atoms with Crippen LogP contribution < -0.4 is 5.32 Å². The molecule has 0 aromatic carbocycles. The number of dihydropyridines is 1. The van der Waals surface area contributed by atoms with Gasteiger partial charge in [0.15, 0.2) is 0 Å². The van der Waals surface area contributed by atoms with E-state index in [1.54, 1.807) is 0 Å². The summed E-state index contributed by atoms with van der Waals surface area (Å²) in [5.74, 6) is 0. The van der Waals surface area contributed by atoms with Crippen LogP contribution in [0.2, 0.25) is 0 Å². The molecule has 1 heterocycles. The van der Waals surface area contributed by atoms with E-state index in [0.29, 0.717) is 16.3 Å². The average Bonchev–Trinajstić information content (AvgIpc) is 2.30. The molecule has 1 fully saturated rings.